The SMILES string of the molecule is COC(=O)[C@@]12C[C@@H](C)[C@@H]3O[C@@H]3[C@H]1/C=C/C(=O)[C@@H](C)C[C@@H](C)C(=O)CC(=O)O2. The topological polar surface area (TPSA) is 99.3 Å². The molecule has 27 heavy (non-hydrogen) atoms. The summed E-state index contributed by atoms with van der Waals surface area (Å²) in [7, 11) is 1.23. The van der Waals surface area contributed by atoms with E-state index in [0.29, 0.717) is 6.42 Å². The third-order valence-corrected chi connectivity index (χ3v) is 6.00. The van der Waals surface area contributed by atoms with Crippen molar-refractivity contribution >= 4 is 23.5 Å². The van der Waals surface area contributed by atoms with E-state index in [2.05, 4.69) is 0 Å². The molecule has 2 aliphatic heterocycles. The quantitative estimate of drug-likeness (QED) is 0.388. The van der Waals surface area contributed by atoms with Crippen LogP contribution in [0.25, 0.3) is 0 Å². The van der Waals surface area contributed by atoms with Crippen molar-refractivity contribution in [1.29, 1.82) is 0 Å². The summed E-state index contributed by atoms with van der Waals surface area (Å²) < 4.78 is 16.3. The summed E-state index contributed by atoms with van der Waals surface area (Å²) in [6, 6.07) is 0. The Kier molecular flexibility index (Phi) is 5.25. The molecule has 7 heteroatoms. The summed E-state index contributed by atoms with van der Waals surface area (Å²) in [4.78, 5) is 50.1. The zero-order valence-electron chi connectivity index (χ0n) is 16.1. The van der Waals surface area contributed by atoms with Crippen LogP contribution in [-0.4, -0.2) is 48.4 Å². The number of epoxide rings is 1. The minimum atomic E-state index is -1.59. The van der Waals surface area contributed by atoms with Crippen molar-refractivity contribution in [3.05, 3.63) is 12.2 Å². The molecule has 0 radical (unpaired) electrons. The molecule has 7 atom stereocenters. The van der Waals surface area contributed by atoms with Crippen molar-refractivity contribution in [3.63, 3.8) is 0 Å². The van der Waals surface area contributed by atoms with E-state index < -0.39 is 35.8 Å². The number of esters is 2. The number of methoxy groups -OCH3 is 1. The number of ketones is 2. The van der Waals surface area contributed by atoms with Gasteiger partial charge in [0.1, 0.15) is 12.2 Å². The predicted octanol–water partition coefficient (Wildman–Crippen LogP) is 1.63. The Hall–Kier alpha value is -2.02. The molecule has 0 bridgehead atoms. The Balaban J connectivity index is 2.04. The summed E-state index contributed by atoms with van der Waals surface area (Å²) in [5, 5.41) is 0. The van der Waals surface area contributed by atoms with Crippen molar-refractivity contribution in [3.8, 4) is 0 Å². The standard InChI is InChI=1S/C20H26O7/c1-10-7-11(2)15(22)8-16(23)27-20(19(24)25-4)9-12(3)17-18(26-17)13(20)5-6-14(10)21/h5-6,10-13,17-18H,7-9H2,1-4H3/b6-5+/t10-,11+,12+,13+,17-,18+,20+/m0/s1. The van der Waals surface area contributed by atoms with Crippen LogP contribution in [0.2, 0.25) is 0 Å². The molecule has 0 spiro atoms. The molecular weight excluding hydrogens is 352 g/mol. The van der Waals surface area contributed by atoms with Crippen LogP contribution in [0.15, 0.2) is 12.2 Å². The molecule has 2 fully saturated rings. The zero-order chi connectivity index (χ0) is 19.9. The van der Waals surface area contributed by atoms with E-state index in [1.807, 2.05) is 6.92 Å². The molecule has 3 aliphatic rings. The first-order chi connectivity index (χ1) is 12.7. The molecule has 2 heterocycles. The minimum absolute atomic E-state index is 0.0243. The monoisotopic (exact) mass is 378 g/mol. The number of Topliss-reactive ketones (excluding diaryl/α,β-unsaturated/α-hetero) is 1. The van der Waals surface area contributed by atoms with Gasteiger partial charge in [0.15, 0.2) is 5.78 Å². The first kappa shape index (κ1) is 19.7. The molecule has 0 aromatic rings. The van der Waals surface area contributed by atoms with Crippen molar-refractivity contribution in [2.24, 2.45) is 23.7 Å². The van der Waals surface area contributed by atoms with E-state index in [4.69, 9.17) is 14.2 Å². The van der Waals surface area contributed by atoms with Gasteiger partial charge in [-0.15, -0.1) is 0 Å². The summed E-state index contributed by atoms with van der Waals surface area (Å²) in [5.74, 6) is -3.33. The van der Waals surface area contributed by atoms with Crippen molar-refractivity contribution in [2.45, 2.75) is 57.8 Å². The number of carbonyl (C=O) groups is 4. The maximum Gasteiger partial charge on any atom is 0.351 e. The van der Waals surface area contributed by atoms with Gasteiger partial charge in [-0.2, -0.15) is 0 Å². The Morgan fingerprint density at radius 3 is 2.52 bits per heavy atom. The Morgan fingerprint density at radius 1 is 1.15 bits per heavy atom. The van der Waals surface area contributed by atoms with Gasteiger partial charge in [0.05, 0.1) is 25.2 Å². The average Bonchev–Trinajstić information content (AvgIpc) is 3.40. The van der Waals surface area contributed by atoms with E-state index in [0.717, 1.165) is 0 Å². The third-order valence-electron chi connectivity index (χ3n) is 6.00. The van der Waals surface area contributed by atoms with Gasteiger partial charge in [0, 0.05) is 18.3 Å². The first-order valence-corrected chi connectivity index (χ1v) is 9.40. The van der Waals surface area contributed by atoms with E-state index in [1.165, 1.54) is 13.2 Å². The second-order valence-electron chi connectivity index (χ2n) is 8.07. The van der Waals surface area contributed by atoms with E-state index in [1.54, 1.807) is 19.9 Å². The highest BCUT2D eigenvalue weighted by molar-refractivity contribution is 5.99. The molecule has 7 nitrogen and oxygen atoms in total. The number of rotatable bonds is 1. The Bertz CT molecular complexity index is 696. The van der Waals surface area contributed by atoms with Crippen LogP contribution in [0.3, 0.4) is 0 Å². The fraction of sp³-hybridized carbons (Fsp3) is 0.700. The van der Waals surface area contributed by atoms with Gasteiger partial charge in [-0.1, -0.05) is 26.8 Å². The maximum absolute atomic E-state index is 12.7. The lowest BCUT2D eigenvalue weighted by atomic mass is 9.70. The van der Waals surface area contributed by atoms with Gasteiger partial charge in [-0.25, -0.2) is 4.79 Å². The van der Waals surface area contributed by atoms with Crippen LogP contribution in [0.4, 0.5) is 0 Å². The van der Waals surface area contributed by atoms with Gasteiger partial charge in [0.25, 0.3) is 0 Å². The fourth-order valence-electron chi connectivity index (χ4n) is 4.38. The van der Waals surface area contributed by atoms with Crippen LogP contribution in [-0.2, 0) is 33.4 Å². The molecule has 0 aromatic carbocycles. The lowest BCUT2D eigenvalue weighted by molar-refractivity contribution is -0.191. The van der Waals surface area contributed by atoms with Gasteiger partial charge in [-0.05, 0) is 18.4 Å². The summed E-state index contributed by atoms with van der Waals surface area (Å²) in [5.41, 5.74) is -1.59. The smallest absolute Gasteiger partial charge is 0.351 e. The van der Waals surface area contributed by atoms with Gasteiger partial charge in [-0.3, -0.25) is 14.4 Å². The number of hydrogen-bond acceptors (Lipinski definition) is 7. The molecule has 148 valence electrons. The van der Waals surface area contributed by atoms with Crippen molar-refractivity contribution < 1.29 is 33.4 Å². The minimum Gasteiger partial charge on any atom is -0.466 e. The molecule has 0 aromatic heterocycles. The second-order valence-corrected chi connectivity index (χ2v) is 8.07. The van der Waals surface area contributed by atoms with Crippen LogP contribution < -0.4 is 0 Å². The van der Waals surface area contributed by atoms with E-state index in [-0.39, 0.29) is 42.0 Å². The molecule has 0 amide bonds. The number of fused-ring (bicyclic) bond motifs is 3. The first-order valence-electron chi connectivity index (χ1n) is 9.40. The lowest BCUT2D eigenvalue weighted by Gasteiger charge is -2.40. The second kappa shape index (κ2) is 7.19. The largest absolute Gasteiger partial charge is 0.466 e. The fourth-order valence-corrected chi connectivity index (χ4v) is 4.38. The normalized spacial score (nSPS) is 43.3. The molecule has 0 N–H and O–H groups in total. The molecule has 0 unspecified atom stereocenters. The van der Waals surface area contributed by atoms with Gasteiger partial charge in [0.2, 0.25) is 5.60 Å². The Labute approximate surface area is 158 Å². The number of ether oxygens (including phenoxy) is 3. The summed E-state index contributed by atoms with van der Waals surface area (Å²) in [6.45, 7) is 5.37. The average molecular weight is 378 g/mol. The number of carbonyl (C=O) groups excluding carboxylic acids is 4. The van der Waals surface area contributed by atoms with Crippen molar-refractivity contribution in [2.75, 3.05) is 7.11 Å². The highest BCUT2D eigenvalue weighted by Gasteiger charge is 2.66. The van der Waals surface area contributed by atoms with Crippen molar-refractivity contribution in [1.82, 2.24) is 0 Å². The van der Waals surface area contributed by atoms with Crippen LogP contribution in [0.1, 0.15) is 40.0 Å². The van der Waals surface area contributed by atoms with Crippen LogP contribution in [0.5, 0.6) is 0 Å². The molecule has 1 saturated carbocycles. The highest BCUT2D eigenvalue weighted by Crippen LogP contribution is 2.52. The van der Waals surface area contributed by atoms with Gasteiger partial charge >= 0.3 is 11.9 Å². The zero-order valence-corrected chi connectivity index (χ0v) is 16.1. The Morgan fingerprint density at radius 2 is 1.85 bits per heavy atom. The summed E-state index contributed by atoms with van der Waals surface area (Å²) in [6.07, 6.45) is 2.83. The molecular formula is C20H26O7. The van der Waals surface area contributed by atoms with Crippen LogP contribution in [0, 0.1) is 23.7 Å². The number of hydrogen-bond donors (Lipinski definition) is 0. The number of allylic oxidation sites excluding steroid dienone is 1. The summed E-state index contributed by atoms with van der Waals surface area (Å²) >= 11 is 0. The molecule has 3 rings (SSSR count). The molecule has 1 saturated heterocycles. The van der Waals surface area contributed by atoms with E-state index in [9.17, 15) is 19.2 Å². The lowest BCUT2D eigenvalue weighted by Crippen LogP contribution is -2.56. The molecule has 1 aliphatic carbocycles. The predicted molar refractivity (Wildman–Crippen MR) is 93.5 cm³/mol. The highest BCUT2D eigenvalue weighted by atomic mass is 16.6. The van der Waals surface area contributed by atoms with Crippen LogP contribution >= 0.6 is 0 Å². The van der Waals surface area contributed by atoms with E-state index >= 15 is 0 Å². The third kappa shape index (κ3) is 3.57. The maximum atomic E-state index is 12.7. The van der Waals surface area contributed by atoms with Gasteiger partial charge < -0.3 is 14.2 Å².